The van der Waals surface area contributed by atoms with E-state index in [0.29, 0.717) is 18.7 Å². The summed E-state index contributed by atoms with van der Waals surface area (Å²) in [5.74, 6) is 0.459. The van der Waals surface area contributed by atoms with Gasteiger partial charge in [-0.15, -0.1) is 0 Å². The van der Waals surface area contributed by atoms with E-state index in [4.69, 9.17) is 10.00 Å². The summed E-state index contributed by atoms with van der Waals surface area (Å²) in [7, 11) is 1.65. The molecule has 1 rings (SSSR count). The van der Waals surface area contributed by atoms with E-state index in [0.717, 1.165) is 8.95 Å². The number of nitrogens with zero attached hydrogens (tertiary/aromatic N) is 2. The van der Waals surface area contributed by atoms with Crippen molar-refractivity contribution in [2.75, 3.05) is 20.2 Å². The molecular weight excluding hydrogens is 364 g/mol. The number of amides is 1. The fourth-order valence-corrected chi connectivity index (χ4v) is 2.35. The fraction of sp³-hybridized carbons (Fsp3) is 0.333. The molecule has 0 saturated heterocycles. The first-order chi connectivity index (χ1) is 8.54. The first kappa shape index (κ1) is 15.0. The van der Waals surface area contributed by atoms with Crippen molar-refractivity contribution in [1.82, 2.24) is 4.90 Å². The summed E-state index contributed by atoms with van der Waals surface area (Å²) in [5, 5.41) is 8.44. The van der Waals surface area contributed by atoms with Crippen molar-refractivity contribution in [1.29, 1.82) is 5.26 Å². The monoisotopic (exact) mass is 374 g/mol. The first-order valence-corrected chi connectivity index (χ1v) is 6.82. The van der Waals surface area contributed by atoms with E-state index in [1.807, 2.05) is 18.2 Å². The van der Waals surface area contributed by atoms with Gasteiger partial charge in [0.25, 0.3) is 5.91 Å². The molecule has 0 unspecified atom stereocenters. The number of halogens is 2. The summed E-state index contributed by atoms with van der Waals surface area (Å²) >= 11 is 6.69. The van der Waals surface area contributed by atoms with E-state index in [-0.39, 0.29) is 12.5 Å². The van der Waals surface area contributed by atoms with Crippen LogP contribution in [0, 0.1) is 11.3 Å². The standard InChI is InChI=1S/C12H12Br2N2O2/c1-16(6-2-5-15)12(17)8-18-11-4-3-9(13)7-10(11)14/h3-4,7H,2,6,8H2,1H3. The molecule has 0 atom stereocenters. The molecule has 0 bridgehead atoms. The lowest BCUT2D eigenvalue weighted by Crippen LogP contribution is -2.32. The normalized spacial score (nSPS) is 9.67. The van der Waals surface area contributed by atoms with E-state index in [2.05, 4.69) is 31.9 Å². The second-order valence-corrected chi connectivity index (χ2v) is 5.36. The van der Waals surface area contributed by atoms with Crippen molar-refractivity contribution in [3.8, 4) is 11.8 Å². The Hall–Kier alpha value is -1.06. The summed E-state index contributed by atoms with van der Waals surface area (Å²) < 4.78 is 7.12. The van der Waals surface area contributed by atoms with Gasteiger partial charge in [-0.25, -0.2) is 0 Å². The summed E-state index contributed by atoms with van der Waals surface area (Å²) in [6.45, 7) is 0.377. The molecule has 0 N–H and O–H groups in total. The first-order valence-electron chi connectivity index (χ1n) is 5.23. The van der Waals surface area contributed by atoms with Crippen LogP contribution < -0.4 is 4.74 Å². The smallest absolute Gasteiger partial charge is 0.260 e. The van der Waals surface area contributed by atoms with Crippen LogP contribution in [0.4, 0.5) is 0 Å². The number of carbonyl (C=O) groups is 1. The van der Waals surface area contributed by atoms with Crippen LogP contribution in [0.15, 0.2) is 27.1 Å². The van der Waals surface area contributed by atoms with Crippen LogP contribution in [0.3, 0.4) is 0 Å². The number of nitriles is 1. The number of likely N-dealkylation sites (N-methyl/N-ethyl adjacent to an activating group) is 1. The lowest BCUT2D eigenvalue weighted by molar-refractivity contribution is -0.132. The maximum Gasteiger partial charge on any atom is 0.260 e. The van der Waals surface area contributed by atoms with Crippen LogP contribution in [-0.4, -0.2) is 31.0 Å². The average Bonchev–Trinajstić information content (AvgIpc) is 2.34. The predicted octanol–water partition coefficient (Wildman–Crippen LogP) is 2.96. The van der Waals surface area contributed by atoms with Gasteiger partial charge in [-0.2, -0.15) is 5.26 Å². The highest BCUT2D eigenvalue weighted by atomic mass is 79.9. The molecule has 4 nitrogen and oxygen atoms in total. The summed E-state index contributed by atoms with van der Waals surface area (Å²) in [6, 6.07) is 7.45. The summed E-state index contributed by atoms with van der Waals surface area (Å²) in [4.78, 5) is 13.1. The molecule has 1 aromatic rings. The van der Waals surface area contributed by atoms with Gasteiger partial charge in [0.2, 0.25) is 0 Å². The zero-order valence-electron chi connectivity index (χ0n) is 9.82. The molecule has 1 aromatic carbocycles. The van der Waals surface area contributed by atoms with Gasteiger partial charge in [0, 0.05) is 18.1 Å². The van der Waals surface area contributed by atoms with Crippen LogP contribution >= 0.6 is 31.9 Å². The topological polar surface area (TPSA) is 53.3 Å². The van der Waals surface area contributed by atoms with Gasteiger partial charge in [-0.1, -0.05) is 15.9 Å². The highest BCUT2D eigenvalue weighted by Crippen LogP contribution is 2.28. The molecule has 0 aromatic heterocycles. The van der Waals surface area contributed by atoms with Crippen LogP contribution in [-0.2, 0) is 4.79 Å². The molecular formula is C12H12Br2N2O2. The van der Waals surface area contributed by atoms with Crippen molar-refractivity contribution in [3.63, 3.8) is 0 Å². The van der Waals surface area contributed by atoms with E-state index in [1.165, 1.54) is 4.90 Å². The van der Waals surface area contributed by atoms with Gasteiger partial charge in [-0.05, 0) is 34.1 Å². The van der Waals surface area contributed by atoms with Crippen LogP contribution in [0.25, 0.3) is 0 Å². The molecule has 0 aliphatic heterocycles. The van der Waals surface area contributed by atoms with Gasteiger partial charge in [0.05, 0.1) is 17.0 Å². The van der Waals surface area contributed by atoms with Crippen molar-refractivity contribution in [2.45, 2.75) is 6.42 Å². The fourth-order valence-electron chi connectivity index (χ4n) is 1.18. The van der Waals surface area contributed by atoms with Crippen LogP contribution in [0.5, 0.6) is 5.75 Å². The zero-order valence-corrected chi connectivity index (χ0v) is 13.0. The number of carbonyl (C=O) groups excluding carboxylic acids is 1. The molecule has 1 amide bonds. The minimum atomic E-state index is -0.153. The highest BCUT2D eigenvalue weighted by molar-refractivity contribution is 9.11. The maximum atomic E-state index is 11.7. The Bertz CT molecular complexity index is 472. The molecule has 0 radical (unpaired) electrons. The minimum absolute atomic E-state index is 0.0395. The van der Waals surface area contributed by atoms with Crippen molar-refractivity contribution in [2.24, 2.45) is 0 Å². The van der Waals surface area contributed by atoms with Crippen LogP contribution in [0.2, 0.25) is 0 Å². The minimum Gasteiger partial charge on any atom is -0.483 e. The van der Waals surface area contributed by atoms with Crippen molar-refractivity contribution < 1.29 is 9.53 Å². The number of ether oxygens (including phenoxy) is 1. The van der Waals surface area contributed by atoms with Gasteiger partial charge >= 0.3 is 0 Å². The maximum absolute atomic E-state index is 11.7. The van der Waals surface area contributed by atoms with E-state index >= 15 is 0 Å². The predicted molar refractivity (Wildman–Crippen MR) is 75.2 cm³/mol. The quantitative estimate of drug-likeness (QED) is 0.794. The Morgan fingerprint density at radius 1 is 1.50 bits per heavy atom. The molecule has 0 aliphatic carbocycles. The molecule has 0 saturated carbocycles. The number of rotatable bonds is 5. The average molecular weight is 376 g/mol. The lowest BCUT2D eigenvalue weighted by Gasteiger charge is -2.16. The molecule has 18 heavy (non-hydrogen) atoms. The SMILES string of the molecule is CN(CCC#N)C(=O)COc1ccc(Br)cc1Br. The van der Waals surface area contributed by atoms with E-state index in [9.17, 15) is 4.79 Å². The Morgan fingerprint density at radius 2 is 2.22 bits per heavy atom. The van der Waals surface area contributed by atoms with Crippen molar-refractivity contribution >= 4 is 37.8 Å². The number of hydrogen-bond acceptors (Lipinski definition) is 3. The molecule has 6 heteroatoms. The Kier molecular flexibility index (Phi) is 6.16. The number of benzene rings is 1. The van der Waals surface area contributed by atoms with Gasteiger partial charge in [0.1, 0.15) is 5.75 Å². The largest absolute Gasteiger partial charge is 0.483 e. The second kappa shape index (κ2) is 7.39. The summed E-state index contributed by atoms with van der Waals surface area (Å²) in [6.07, 6.45) is 0.324. The third-order valence-corrected chi connectivity index (χ3v) is 3.34. The molecule has 96 valence electrons. The number of hydrogen-bond donors (Lipinski definition) is 0. The molecule has 0 spiro atoms. The molecule has 0 fully saturated rings. The third-order valence-electron chi connectivity index (χ3n) is 2.23. The van der Waals surface area contributed by atoms with Gasteiger partial charge in [0.15, 0.2) is 6.61 Å². The third kappa shape index (κ3) is 4.67. The Morgan fingerprint density at radius 3 is 2.83 bits per heavy atom. The van der Waals surface area contributed by atoms with E-state index < -0.39 is 0 Å². The second-order valence-electron chi connectivity index (χ2n) is 3.59. The van der Waals surface area contributed by atoms with Crippen LogP contribution in [0.1, 0.15) is 6.42 Å². The van der Waals surface area contributed by atoms with Gasteiger partial charge in [-0.3, -0.25) is 4.79 Å². The summed E-state index contributed by atoms with van der Waals surface area (Å²) in [5.41, 5.74) is 0. The highest BCUT2D eigenvalue weighted by Gasteiger charge is 2.10. The Balaban J connectivity index is 2.50. The lowest BCUT2D eigenvalue weighted by atomic mass is 10.3. The Labute approximate surface area is 123 Å². The zero-order chi connectivity index (χ0) is 13.5. The molecule has 0 heterocycles. The van der Waals surface area contributed by atoms with E-state index in [1.54, 1.807) is 13.1 Å². The van der Waals surface area contributed by atoms with Gasteiger partial charge < -0.3 is 9.64 Å². The van der Waals surface area contributed by atoms with Crippen molar-refractivity contribution in [3.05, 3.63) is 27.1 Å². The molecule has 0 aliphatic rings.